The third-order valence-electron chi connectivity index (χ3n) is 4.08. The first-order valence-corrected chi connectivity index (χ1v) is 10.0. The van der Waals surface area contributed by atoms with Crippen LogP contribution in [0.3, 0.4) is 0 Å². The minimum Gasteiger partial charge on any atom is -0.484 e. The lowest BCUT2D eigenvalue weighted by molar-refractivity contribution is -0.118. The summed E-state index contributed by atoms with van der Waals surface area (Å²) in [6.07, 6.45) is 0. The highest BCUT2D eigenvalue weighted by Gasteiger charge is 2.26. The van der Waals surface area contributed by atoms with Crippen LogP contribution in [0.4, 0.5) is 5.69 Å². The number of carbonyl (C=O) groups excluding carboxylic acids is 1. The first-order chi connectivity index (χ1) is 13.5. The minimum atomic E-state index is -3.64. The lowest BCUT2D eigenvalue weighted by Gasteiger charge is -2.26. The van der Waals surface area contributed by atoms with Crippen molar-refractivity contribution >= 4 is 21.6 Å². The highest BCUT2D eigenvalue weighted by molar-refractivity contribution is 7.89. The van der Waals surface area contributed by atoms with Crippen LogP contribution in [0, 0.1) is 11.3 Å². The fourth-order valence-corrected chi connectivity index (χ4v) is 4.10. The van der Waals surface area contributed by atoms with E-state index in [1.54, 1.807) is 36.4 Å². The number of nitrogens with zero attached hydrogens (tertiary/aromatic N) is 2. The fraction of sp³-hybridized carbons (Fsp3) is 0.263. The van der Waals surface area contributed by atoms with Crippen LogP contribution in [-0.2, 0) is 19.6 Å². The summed E-state index contributed by atoms with van der Waals surface area (Å²) >= 11 is 0. The second-order valence-corrected chi connectivity index (χ2v) is 7.96. The van der Waals surface area contributed by atoms with Gasteiger partial charge in [-0.2, -0.15) is 9.57 Å². The second-order valence-electron chi connectivity index (χ2n) is 6.02. The van der Waals surface area contributed by atoms with Gasteiger partial charge < -0.3 is 14.8 Å². The molecular formula is C19H19N3O5S. The molecule has 0 atom stereocenters. The molecule has 1 saturated heterocycles. The Morgan fingerprint density at radius 1 is 1.18 bits per heavy atom. The van der Waals surface area contributed by atoms with Gasteiger partial charge in [0.2, 0.25) is 10.0 Å². The Bertz CT molecular complexity index is 977. The SMILES string of the molecule is N#Cc1ccc(OCC(=O)Nc2cccc(S(=O)(=O)N3CCOCC3)c2)cc1. The molecule has 28 heavy (non-hydrogen) atoms. The average Bonchev–Trinajstić information content (AvgIpc) is 2.73. The van der Waals surface area contributed by atoms with Crippen molar-refractivity contribution in [1.29, 1.82) is 5.26 Å². The molecule has 2 aromatic rings. The van der Waals surface area contributed by atoms with Crippen LogP contribution < -0.4 is 10.1 Å². The van der Waals surface area contributed by atoms with Crippen LogP contribution in [0.25, 0.3) is 0 Å². The zero-order chi connectivity index (χ0) is 20.0. The molecule has 0 bridgehead atoms. The molecule has 0 aromatic heterocycles. The molecule has 1 aliphatic heterocycles. The van der Waals surface area contributed by atoms with Gasteiger partial charge in [0.25, 0.3) is 5.91 Å². The van der Waals surface area contributed by atoms with Gasteiger partial charge in [0.05, 0.1) is 29.7 Å². The monoisotopic (exact) mass is 401 g/mol. The van der Waals surface area contributed by atoms with Crippen LogP contribution in [0.2, 0.25) is 0 Å². The van der Waals surface area contributed by atoms with Crippen LogP contribution in [0.1, 0.15) is 5.56 Å². The van der Waals surface area contributed by atoms with E-state index in [0.29, 0.717) is 43.3 Å². The maximum Gasteiger partial charge on any atom is 0.262 e. The Hall–Kier alpha value is -2.93. The number of nitrogens with one attached hydrogen (secondary N) is 1. The third kappa shape index (κ3) is 4.86. The Morgan fingerprint density at radius 3 is 2.57 bits per heavy atom. The Morgan fingerprint density at radius 2 is 1.89 bits per heavy atom. The van der Waals surface area contributed by atoms with Crippen molar-refractivity contribution in [2.75, 3.05) is 38.2 Å². The lowest BCUT2D eigenvalue weighted by Crippen LogP contribution is -2.40. The number of anilines is 1. The van der Waals surface area contributed by atoms with Gasteiger partial charge in [-0.15, -0.1) is 0 Å². The van der Waals surface area contributed by atoms with Crippen LogP contribution in [0.5, 0.6) is 5.75 Å². The van der Waals surface area contributed by atoms with Crippen molar-refractivity contribution in [3.05, 3.63) is 54.1 Å². The van der Waals surface area contributed by atoms with E-state index in [-0.39, 0.29) is 11.5 Å². The molecule has 3 rings (SSSR count). The first kappa shape index (κ1) is 19.8. The van der Waals surface area contributed by atoms with Gasteiger partial charge in [0.15, 0.2) is 6.61 Å². The van der Waals surface area contributed by atoms with Gasteiger partial charge in [-0.05, 0) is 42.5 Å². The summed E-state index contributed by atoms with van der Waals surface area (Å²) in [7, 11) is -3.64. The van der Waals surface area contributed by atoms with Gasteiger partial charge in [-0.1, -0.05) is 6.07 Å². The summed E-state index contributed by atoms with van der Waals surface area (Å²) in [5.41, 5.74) is 0.859. The van der Waals surface area contributed by atoms with Gasteiger partial charge >= 0.3 is 0 Å². The Labute approximate surface area is 163 Å². The second kappa shape index (κ2) is 8.84. The number of sulfonamides is 1. The largest absolute Gasteiger partial charge is 0.484 e. The third-order valence-corrected chi connectivity index (χ3v) is 5.97. The average molecular weight is 401 g/mol. The summed E-state index contributed by atoms with van der Waals surface area (Å²) in [5.74, 6) is 0.0306. The molecule has 146 valence electrons. The molecule has 1 fully saturated rings. The van der Waals surface area contributed by atoms with Gasteiger partial charge in [-0.3, -0.25) is 4.79 Å². The van der Waals surface area contributed by atoms with Crippen LogP contribution >= 0.6 is 0 Å². The van der Waals surface area contributed by atoms with Crippen molar-refractivity contribution < 1.29 is 22.7 Å². The number of hydrogen-bond acceptors (Lipinski definition) is 6. The van der Waals surface area contributed by atoms with E-state index in [1.165, 1.54) is 16.4 Å². The Kier molecular flexibility index (Phi) is 6.26. The molecule has 9 heteroatoms. The van der Waals surface area contributed by atoms with Gasteiger partial charge in [0.1, 0.15) is 5.75 Å². The highest BCUT2D eigenvalue weighted by Crippen LogP contribution is 2.20. The standard InChI is InChI=1S/C19H19N3O5S/c20-13-15-4-6-17(7-5-15)27-14-19(23)21-16-2-1-3-18(12-16)28(24,25)22-8-10-26-11-9-22/h1-7,12H,8-11,14H2,(H,21,23). The van der Waals surface area contributed by atoms with E-state index in [0.717, 1.165) is 0 Å². The van der Waals surface area contributed by atoms with Crippen LogP contribution in [-0.4, -0.2) is 51.5 Å². The molecule has 0 aliphatic carbocycles. The van der Waals surface area contributed by atoms with Crippen LogP contribution in [0.15, 0.2) is 53.4 Å². The van der Waals surface area contributed by atoms with Gasteiger partial charge in [0, 0.05) is 18.8 Å². The maximum absolute atomic E-state index is 12.7. The highest BCUT2D eigenvalue weighted by atomic mass is 32.2. The molecular weight excluding hydrogens is 382 g/mol. The fourth-order valence-electron chi connectivity index (χ4n) is 2.64. The molecule has 0 saturated carbocycles. The van der Waals surface area contributed by atoms with E-state index in [9.17, 15) is 13.2 Å². The number of ether oxygens (including phenoxy) is 2. The number of hydrogen-bond donors (Lipinski definition) is 1. The van der Waals surface area contributed by atoms with E-state index in [1.807, 2.05) is 6.07 Å². The van der Waals surface area contributed by atoms with Crippen molar-refractivity contribution in [3.63, 3.8) is 0 Å². The smallest absolute Gasteiger partial charge is 0.262 e. The summed E-state index contributed by atoms with van der Waals surface area (Å²) < 4.78 is 37.3. The predicted octanol–water partition coefficient (Wildman–Crippen LogP) is 1.60. The molecule has 1 N–H and O–H groups in total. The quantitative estimate of drug-likeness (QED) is 0.787. The zero-order valence-electron chi connectivity index (χ0n) is 15.0. The van der Waals surface area contributed by atoms with E-state index < -0.39 is 15.9 Å². The molecule has 1 amide bonds. The molecule has 1 heterocycles. The van der Waals surface area contributed by atoms with Crippen molar-refractivity contribution in [2.24, 2.45) is 0 Å². The van der Waals surface area contributed by atoms with Crippen molar-refractivity contribution in [1.82, 2.24) is 4.31 Å². The minimum absolute atomic E-state index is 0.111. The summed E-state index contributed by atoms with van der Waals surface area (Å²) in [6, 6.07) is 14.5. The molecule has 8 nitrogen and oxygen atoms in total. The number of amides is 1. The normalized spacial score (nSPS) is 14.8. The maximum atomic E-state index is 12.7. The lowest BCUT2D eigenvalue weighted by atomic mass is 10.2. The number of benzene rings is 2. The number of carbonyl (C=O) groups is 1. The summed E-state index contributed by atoms with van der Waals surface area (Å²) in [6.45, 7) is 1.09. The zero-order valence-corrected chi connectivity index (χ0v) is 15.8. The number of rotatable bonds is 6. The van der Waals surface area contributed by atoms with E-state index >= 15 is 0 Å². The van der Waals surface area contributed by atoms with Crippen molar-refractivity contribution in [3.8, 4) is 11.8 Å². The molecule has 0 radical (unpaired) electrons. The molecule has 0 unspecified atom stereocenters. The molecule has 0 spiro atoms. The van der Waals surface area contributed by atoms with E-state index in [4.69, 9.17) is 14.7 Å². The van der Waals surface area contributed by atoms with E-state index in [2.05, 4.69) is 5.32 Å². The first-order valence-electron chi connectivity index (χ1n) is 8.60. The van der Waals surface area contributed by atoms with Gasteiger partial charge in [-0.25, -0.2) is 8.42 Å². The summed E-state index contributed by atoms with van der Waals surface area (Å²) in [4.78, 5) is 12.2. The molecule has 1 aliphatic rings. The predicted molar refractivity (Wildman–Crippen MR) is 101 cm³/mol. The number of nitriles is 1. The van der Waals surface area contributed by atoms with Crippen molar-refractivity contribution in [2.45, 2.75) is 4.90 Å². The number of morpholine rings is 1. The Balaban J connectivity index is 1.61. The molecule has 2 aromatic carbocycles. The topological polar surface area (TPSA) is 109 Å². The summed E-state index contributed by atoms with van der Waals surface area (Å²) in [5, 5.41) is 11.4.